The summed E-state index contributed by atoms with van der Waals surface area (Å²) in [5.74, 6) is 0.950. The number of ether oxygens (including phenoxy) is 1. The van der Waals surface area contributed by atoms with E-state index in [-0.39, 0.29) is 5.78 Å². The van der Waals surface area contributed by atoms with E-state index >= 15 is 0 Å². The number of aryl methyl sites for hydroxylation is 1. The van der Waals surface area contributed by atoms with Crippen molar-refractivity contribution in [2.45, 2.75) is 38.3 Å². The van der Waals surface area contributed by atoms with Gasteiger partial charge in [0.05, 0.1) is 12.6 Å². The second kappa shape index (κ2) is 9.63. The van der Waals surface area contributed by atoms with E-state index in [4.69, 9.17) is 4.74 Å². The Labute approximate surface area is 195 Å². The van der Waals surface area contributed by atoms with E-state index in [2.05, 4.69) is 34.1 Å². The summed E-state index contributed by atoms with van der Waals surface area (Å²) < 4.78 is 7.85. The lowest BCUT2D eigenvalue weighted by atomic mass is 10.0. The fourth-order valence-electron chi connectivity index (χ4n) is 5.02. The Morgan fingerprint density at radius 2 is 1.70 bits per heavy atom. The highest BCUT2D eigenvalue weighted by Gasteiger charge is 2.21. The highest BCUT2D eigenvalue weighted by Crippen LogP contribution is 2.31. The number of carbonyl (C=O) groups is 1. The minimum Gasteiger partial charge on any atom is -0.495 e. The van der Waals surface area contributed by atoms with Gasteiger partial charge in [0.1, 0.15) is 5.75 Å². The van der Waals surface area contributed by atoms with Gasteiger partial charge < -0.3 is 14.6 Å². The molecule has 0 amide bonds. The first-order valence-electron chi connectivity index (χ1n) is 11.8. The molecule has 0 atom stereocenters. The smallest absolute Gasteiger partial charge is 0.169 e. The summed E-state index contributed by atoms with van der Waals surface area (Å²) in [6.45, 7) is 1.78. The summed E-state index contributed by atoms with van der Waals surface area (Å²) in [6.07, 6.45) is 5.62. The van der Waals surface area contributed by atoms with Crippen molar-refractivity contribution in [1.82, 2.24) is 9.88 Å². The Hall–Kier alpha value is -3.37. The molecule has 0 bridgehead atoms. The van der Waals surface area contributed by atoms with Crippen LogP contribution in [0.15, 0.2) is 79.0 Å². The zero-order valence-corrected chi connectivity index (χ0v) is 19.1. The van der Waals surface area contributed by atoms with Crippen LogP contribution in [0.4, 0.5) is 0 Å². The molecule has 0 fully saturated rings. The SMILES string of the molecule is COc1cccc2c(C(=O)Cc3ccccc3)cn(CCCNC3Cc4ccccc4C3)c12. The molecule has 4 nitrogen and oxygen atoms in total. The van der Waals surface area contributed by atoms with Crippen LogP contribution in [0.5, 0.6) is 5.75 Å². The average Bonchev–Trinajstić information content (AvgIpc) is 3.43. The lowest BCUT2D eigenvalue weighted by Gasteiger charge is -2.13. The van der Waals surface area contributed by atoms with Crippen molar-refractivity contribution < 1.29 is 9.53 Å². The van der Waals surface area contributed by atoms with Crippen LogP contribution in [-0.4, -0.2) is 30.0 Å². The molecule has 168 valence electrons. The van der Waals surface area contributed by atoms with Crippen molar-refractivity contribution in [3.8, 4) is 5.75 Å². The monoisotopic (exact) mass is 438 g/mol. The summed E-state index contributed by atoms with van der Waals surface area (Å²) in [5.41, 5.74) is 5.75. The average molecular weight is 439 g/mol. The second-order valence-corrected chi connectivity index (χ2v) is 8.86. The summed E-state index contributed by atoms with van der Waals surface area (Å²) in [4.78, 5) is 13.2. The molecule has 1 aliphatic carbocycles. The normalized spacial score (nSPS) is 13.4. The molecule has 0 unspecified atom stereocenters. The van der Waals surface area contributed by atoms with Crippen molar-refractivity contribution >= 4 is 16.7 Å². The van der Waals surface area contributed by atoms with E-state index in [1.165, 1.54) is 11.1 Å². The molecule has 4 heteroatoms. The van der Waals surface area contributed by atoms with Crippen molar-refractivity contribution in [2.75, 3.05) is 13.7 Å². The molecule has 1 aromatic heterocycles. The van der Waals surface area contributed by atoms with Gasteiger partial charge in [-0.05, 0) is 48.6 Å². The molecule has 1 heterocycles. The van der Waals surface area contributed by atoms with Gasteiger partial charge in [-0.15, -0.1) is 0 Å². The van der Waals surface area contributed by atoms with Crippen molar-refractivity contribution in [1.29, 1.82) is 0 Å². The first-order valence-corrected chi connectivity index (χ1v) is 11.8. The first kappa shape index (κ1) is 21.5. The summed E-state index contributed by atoms with van der Waals surface area (Å²) >= 11 is 0. The molecular weight excluding hydrogens is 408 g/mol. The molecule has 0 aliphatic heterocycles. The third-order valence-electron chi connectivity index (χ3n) is 6.65. The van der Waals surface area contributed by atoms with Gasteiger partial charge in [-0.3, -0.25) is 4.79 Å². The lowest BCUT2D eigenvalue weighted by molar-refractivity contribution is 0.0994. The van der Waals surface area contributed by atoms with Crippen molar-refractivity contribution in [2.24, 2.45) is 0 Å². The van der Waals surface area contributed by atoms with Gasteiger partial charge in [0.25, 0.3) is 0 Å². The van der Waals surface area contributed by atoms with E-state index in [9.17, 15) is 4.79 Å². The van der Waals surface area contributed by atoms with E-state index < -0.39 is 0 Å². The number of nitrogens with one attached hydrogen (secondary N) is 1. The standard InChI is InChI=1S/C29H30N2O2/c1-33-28-14-7-13-25-26(27(32)17-21-9-3-2-4-10-21)20-31(29(25)28)16-8-15-30-24-18-22-11-5-6-12-23(22)19-24/h2-7,9-14,20,24,30H,8,15-19H2,1H3. The van der Waals surface area contributed by atoms with Gasteiger partial charge in [-0.2, -0.15) is 0 Å². The first-order chi connectivity index (χ1) is 16.2. The predicted octanol–water partition coefficient (Wildman–Crippen LogP) is 5.22. The number of hydrogen-bond acceptors (Lipinski definition) is 3. The van der Waals surface area contributed by atoms with Crippen LogP contribution in [0.2, 0.25) is 0 Å². The van der Waals surface area contributed by atoms with Crippen LogP contribution in [0.1, 0.15) is 33.5 Å². The van der Waals surface area contributed by atoms with Crippen LogP contribution in [0.3, 0.4) is 0 Å². The van der Waals surface area contributed by atoms with Crippen LogP contribution in [0.25, 0.3) is 10.9 Å². The Bertz CT molecular complexity index is 1230. The zero-order chi connectivity index (χ0) is 22.6. The third kappa shape index (κ3) is 4.57. The molecule has 5 rings (SSSR count). The van der Waals surface area contributed by atoms with Crippen LogP contribution >= 0.6 is 0 Å². The van der Waals surface area contributed by atoms with Gasteiger partial charge in [0.15, 0.2) is 5.78 Å². The molecule has 33 heavy (non-hydrogen) atoms. The van der Waals surface area contributed by atoms with E-state index in [0.717, 1.165) is 60.1 Å². The molecule has 4 aromatic rings. The molecule has 0 saturated heterocycles. The van der Waals surface area contributed by atoms with E-state index in [1.807, 2.05) is 54.7 Å². The number of ketones is 1. The molecule has 1 aliphatic rings. The quantitative estimate of drug-likeness (QED) is 0.288. The molecule has 0 radical (unpaired) electrons. The number of rotatable bonds is 9. The lowest BCUT2D eigenvalue weighted by Crippen LogP contribution is -2.30. The number of methoxy groups -OCH3 is 1. The number of benzene rings is 3. The highest BCUT2D eigenvalue weighted by atomic mass is 16.5. The van der Waals surface area contributed by atoms with Crippen LogP contribution in [-0.2, 0) is 25.8 Å². The Balaban J connectivity index is 1.29. The number of hydrogen-bond donors (Lipinski definition) is 1. The maximum atomic E-state index is 13.2. The molecule has 1 N–H and O–H groups in total. The number of para-hydroxylation sites is 1. The number of nitrogens with zero attached hydrogens (tertiary/aromatic N) is 1. The largest absolute Gasteiger partial charge is 0.495 e. The van der Waals surface area contributed by atoms with E-state index in [1.54, 1.807) is 7.11 Å². The van der Waals surface area contributed by atoms with Gasteiger partial charge in [-0.25, -0.2) is 0 Å². The second-order valence-electron chi connectivity index (χ2n) is 8.86. The maximum absolute atomic E-state index is 13.2. The topological polar surface area (TPSA) is 43.3 Å². The summed E-state index contributed by atoms with van der Waals surface area (Å²) in [5, 5.41) is 4.69. The maximum Gasteiger partial charge on any atom is 0.169 e. The fraction of sp³-hybridized carbons (Fsp3) is 0.276. The Morgan fingerprint density at radius 3 is 2.42 bits per heavy atom. The van der Waals surface area contributed by atoms with Gasteiger partial charge in [-0.1, -0.05) is 66.7 Å². The fourth-order valence-corrected chi connectivity index (χ4v) is 5.02. The molecular formula is C29H30N2O2. The van der Waals surface area contributed by atoms with Crippen LogP contribution in [0, 0.1) is 0 Å². The minimum atomic E-state index is 0.139. The molecule has 3 aromatic carbocycles. The number of fused-ring (bicyclic) bond motifs is 2. The van der Waals surface area contributed by atoms with E-state index in [0.29, 0.717) is 12.5 Å². The van der Waals surface area contributed by atoms with Gasteiger partial charge >= 0.3 is 0 Å². The van der Waals surface area contributed by atoms with Crippen molar-refractivity contribution in [3.05, 3.63) is 101 Å². The van der Waals surface area contributed by atoms with Gasteiger partial charge in [0, 0.05) is 36.2 Å². The summed E-state index contributed by atoms with van der Waals surface area (Å²) in [6, 6.07) is 25.1. The van der Waals surface area contributed by atoms with Crippen LogP contribution < -0.4 is 10.1 Å². The Morgan fingerprint density at radius 1 is 0.970 bits per heavy atom. The Kier molecular flexibility index (Phi) is 6.27. The molecule has 0 spiro atoms. The molecule has 0 saturated carbocycles. The predicted molar refractivity (Wildman–Crippen MR) is 133 cm³/mol. The number of Topliss-reactive ketones (excluding diaryl/α,β-unsaturated/α-hetero) is 1. The third-order valence-corrected chi connectivity index (χ3v) is 6.65. The minimum absolute atomic E-state index is 0.139. The highest BCUT2D eigenvalue weighted by molar-refractivity contribution is 6.10. The zero-order valence-electron chi connectivity index (χ0n) is 19.1. The number of aromatic nitrogens is 1. The summed E-state index contributed by atoms with van der Waals surface area (Å²) in [7, 11) is 1.69. The number of carbonyl (C=O) groups excluding carboxylic acids is 1. The van der Waals surface area contributed by atoms with Gasteiger partial charge in [0.2, 0.25) is 0 Å². The van der Waals surface area contributed by atoms with Crippen molar-refractivity contribution in [3.63, 3.8) is 0 Å².